The predicted octanol–water partition coefficient (Wildman–Crippen LogP) is 6.74. The third-order valence-electron chi connectivity index (χ3n) is 8.57. The fraction of sp³-hybridized carbons (Fsp3) is 0.206. The maximum absolute atomic E-state index is 14.7. The second-order valence-corrected chi connectivity index (χ2v) is 13.6. The molecule has 0 fully saturated rings. The molecule has 0 bridgehead atoms. The van der Waals surface area contributed by atoms with Crippen molar-refractivity contribution in [2.24, 2.45) is 0 Å². The van der Waals surface area contributed by atoms with E-state index < -0.39 is 27.5 Å². The molecule has 1 aliphatic rings. The molecule has 6 aromatic rings. The van der Waals surface area contributed by atoms with E-state index in [9.17, 15) is 26.4 Å². The topological polar surface area (TPSA) is 110 Å². The summed E-state index contributed by atoms with van der Waals surface area (Å²) in [4.78, 5) is 22.2. The second kappa shape index (κ2) is 10.7. The molecule has 1 amide bonds. The van der Waals surface area contributed by atoms with Gasteiger partial charge in [-0.05, 0) is 54.4 Å². The van der Waals surface area contributed by atoms with Crippen molar-refractivity contribution in [3.05, 3.63) is 89.5 Å². The van der Waals surface area contributed by atoms with Gasteiger partial charge in [0.05, 0.1) is 40.1 Å². The standard InChI is InChI=1S/C34H28F3N5O4S/c1-34(36,37)29-11-9-19(17-39-29)32-30(33(43)38-2)22-14-21(26(16-28(22)46-32)41(3)47(4,44)45)24-10-8-18-12-13-42-25-7-5-6-23(35)20(25)15-27(42)31(18)40-24/h5-11,14-17H,12-13H2,1-4H3,(H,38,43). The molecular weight excluding hydrogens is 631 g/mol. The highest BCUT2D eigenvalue weighted by Crippen LogP contribution is 2.43. The lowest BCUT2D eigenvalue weighted by atomic mass is 9.98. The van der Waals surface area contributed by atoms with Crippen LogP contribution < -0.4 is 9.62 Å². The molecular formula is C34H28F3N5O4S. The number of aromatic nitrogens is 3. The van der Waals surface area contributed by atoms with Crippen LogP contribution in [0.2, 0.25) is 0 Å². The van der Waals surface area contributed by atoms with Gasteiger partial charge in [0, 0.05) is 61.7 Å². The number of nitrogens with zero attached hydrogens (tertiary/aromatic N) is 4. The summed E-state index contributed by atoms with van der Waals surface area (Å²) in [6.07, 6.45) is 2.93. The van der Waals surface area contributed by atoms with Gasteiger partial charge in [-0.2, -0.15) is 8.78 Å². The molecule has 0 aliphatic carbocycles. The maximum Gasteiger partial charge on any atom is 0.286 e. The summed E-state index contributed by atoms with van der Waals surface area (Å²) >= 11 is 0. The SMILES string of the molecule is CNC(=O)c1c(-c2ccc(C(C)(F)F)nc2)oc2cc(N(C)S(C)(=O)=O)c(-c3ccc4c(n3)-c3cc5c(F)cccc5n3CC4)cc12. The first-order chi connectivity index (χ1) is 22.3. The Kier molecular flexibility index (Phi) is 6.94. The Morgan fingerprint density at radius 3 is 2.55 bits per heavy atom. The van der Waals surface area contributed by atoms with Gasteiger partial charge in [0.1, 0.15) is 22.9 Å². The van der Waals surface area contributed by atoms with Crippen LogP contribution in [-0.4, -0.2) is 49.2 Å². The lowest BCUT2D eigenvalue weighted by Crippen LogP contribution is -2.25. The average Bonchev–Trinajstić information content (AvgIpc) is 3.62. The summed E-state index contributed by atoms with van der Waals surface area (Å²) in [6.45, 7) is 1.38. The number of benzene rings is 2. The van der Waals surface area contributed by atoms with Crippen LogP contribution in [0.25, 0.3) is 55.8 Å². The number of carbonyl (C=O) groups is 1. The molecule has 5 heterocycles. The number of nitrogens with one attached hydrogen (secondary N) is 1. The normalized spacial score (nSPS) is 13.1. The molecule has 1 N–H and O–H groups in total. The minimum atomic E-state index is -3.78. The van der Waals surface area contributed by atoms with Crippen molar-refractivity contribution in [1.82, 2.24) is 19.9 Å². The number of hydrogen-bond acceptors (Lipinski definition) is 6. The molecule has 0 atom stereocenters. The van der Waals surface area contributed by atoms with Gasteiger partial charge in [0.2, 0.25) is 10.0 Å². The number of anilines is 1. The Balaban J connectivity index is 1.47. The van der Waals surface area contributed by atoms with Gasteiger partial charge >= 0.3 is 0 Å². The molecule has 0 spiro atoms. The summed E-state index contributed by atoms with van der Waals surface area (Å²) in [6, 6.07) is 16.1. The summed E-state index contributed by atoms with van der Waals surface area (Å²) in [7, 11) is -0.934. The number of carbonyl (C=O) groups excluding carboxylic acids is 1. The number of fused-ring (bicyclic) bond motifs is 6. The number of rotatable bonds is 6. The average molecular weight is 660 g/mol. The molecule has 0 saturated carbocycles. The van der Waals surface area contributed by atoms with E-state index in [-0.39, 0.29) is 34.0 Å². The zero-order valence-corrected chi connectivity index (χ0v) is 26.5. The van der Waals surface area contributed by atoms with Crippen LogP contribution in [0.1, 0.15) is 28.5 Å². The van der Waals surface area contributed by atoms with Crippen LogP contribution in [0.3, 0.4) is 0 Å². The van der Waals surface area contributed by atoms with Crippen LogP contribution >= 0.6 is 0 Å². The largest absolute Gasteiger partial charge is 0.455 e. The molecule has 9 nitrogen and oxygen atoms in total. The monoisotopic (exact) mass is 659 g/mol. The number of sulfonamides is 1. The zero-order valence-electron chi connectivity index (χ0n) is 25.7. The van der Waals surface area contributed by atoms with Gasteiger partial charge in [0.25, 0.3) is 11.8 Å². The molecule has 13 heteroatoms. The van der Waals surface area contributed by atoms with Crippen molar-refractivity contribution < 1.29 is 30.8 Å². The van der Waals surface area contributed by atoms with Crippen LogP contribution in [0, 0.1) is 5.82 Å². The van der Waals surface area contributed by atoms with Gasteiger partial charge in [-0.25, -0.2) is 17.8 Å². The minimum absolute atomic E-state index is 0.0767. The van der Waals surface area contributed by atoms with Crippen molar-refractivity contribution in [2.45, 2.75) is 25.8 Å². The van der Waals surface area contributed by atoms with Crippen molar-refractivity contribution in [3.63, 3.8) is 0 Å². The van der Waals surface area contributed by atoms with E-state index in [4.69, 9.17) is 9.40 Å². The van der Waals surface area contributed by atoms with Gasteiger partial charge in [-0.3, -0.25) is 14.1 Å². The number of amides is 1. The molecule has 0 radical (unpaired) electrons. The third-order valence-corrected chi connectivity index (χ3v) is 9.76. The van der Waals surface area contributed by atoms with Gasteiger partial charge in [-0.1, -0.05) is 12.1 Å². The first-order valence-electron chi connectivity index (χ1n) is 14.7. The smallest absolute Gasteiger partial charge is 0.286 e. The molecule has 7 rings (SSSR count). The number of furan rings is 1. The lowest BCUT2D eigenvalue weighted by molar-refractivity contribution is 0.0128. The lowest BCUT2D eigenvalue weighted by Gasteiger charge is -2.23. The Bertz CT molecular complexity index is 2360. The molecule has 47 heavy (non-hydrogen) atoms. The van der Waals surface area contributed by atoms with Crippen LogP contribution in [0.4, 0.5) is 18.9 Å². The molecule has 0 saturated heterocycles. The summed E-state index contributed by atoms with van der Waals surface area (Å²) in [5, 5.41) is 3.43. The minimum Gasteiger partial charge on any atom is -0.455 e. The van der Waals surface area contributed by atoms with Crippen molar-refractivity contribution in [3.8, 4) is 34.0 Å². The molecule has 2 aromatic carbocycles. The number of aryl methyl sites for hydroxylation is 2. The van der Waals surface area contributed by atoms with Gasteiger partial charge in [-0.15, -0.1) is 0 Å². The molecule has 240 valence electrons. The highest BCUT2D eigenvalue weighted by atomic mass is 32.2. The van der Waals surface area contributed by atoms with E-state index in [1.165, 1.54) is 38.5 Å². The predicted molar refractivity (Wildman–Crippen MR) is 173 cm³/mol. The van der Waals surface area contributed by atoms with E-state index in [0.717, 1.165) is 40.3 Å². The number of halogens is 3. The zero-order chi connectivity index (χ0) is 33.4. The highest BCUT2D eigenvalue weighted by Gasteiger charge is 2.29. The molecule has 4 aromatic heterocycles. The fourth-order valence-corrected chi connectivity index (χ4v) is 6.61. The van der Waals surface area contributed by atoms with E-state index in [0.29, 0.717) is 40.7 Å². The Labute approximate surface area is 267 Å². The highest BCUT2D eigenvalue weighted by molar-refractivity contribution is 7.92. The van der Waals surface area contributed by atoms with Crippen LogP contribution in [-0.2, 0) is 28.9 Å². The first kappa shape index (κ1) is 30.5. The van der Waals surface area contributed by atoms with Gasteiger partial charge in [0.15, 0.2) is 0 Å². The number of pyridine rings is 2. The summed E-state index contributed by atoms with van der Waals surface area (Å²) < 4.78 is 77.4. The quantitative estimate of drug-likeness (QED) is 0.212. The van der Waals surface area contributed by atoms with Crippen molar-refractivity contribution >= 4 is 43.5 Å². The van der Waals surface area contributed by atoms with Gasteiger partial charge < -0.3 is 14.3 Å². The Hall–Kier alpha value is -5.17. The maximum atomic E-state index is 14.7. The van der Waals surface area contributed by atoms with Crippen molar-refractivity contribution in [1.29, 1.82) is 0 Å². The summed E-state index contributed by atoms with van der Waals surface area (Å²) in [5.41, 5.74) is 4.25. The van der Waals surface area contributed by atoms with E-state index in [1.807, 2.05) is 16.7 Å². The van der Waals surface area contributed by atoms with E-state index >= 15 is 0 Å². The second-order valence-electron chi connectivity index (χ2n) is 11.6. The number of hydrogen-bond donors (Lipinski definition) is 1. The van der Waals surface area contributed by atoms with Crippen LogP contribution in [0.5, 0.6) is 0 Å². The summed E-state index contributed by atoms with van der Waals surface area (Å²) in [5.74, 6) is -3.94. The number of alkyl halides is 2. The Morgan fingerprint density at radius 2 is 1.87 bits per heavy atom. The fourth-order valence-electron chi connectivity index (χ4n) is 6.10. The first-order valence-corrected chi connectivity index (χ1v) is 16.5. The van der Waals surface area contributed by atoms with E-state index in [1.54, 1.807) is 24.3 Å². The Morgan fingerprint density at radius 1 is 1.09 bits per heavy atom. The van der Waals surface area contributed by atoms with Crippen molar-refractivity contribution in [2.75, 3.05) is 24.7 Å². The molecule has 0 unspecified atom stereocenters. The molecule has 1 aliphatic heterocycles. The van der Waals surface area contributed by atoms with Crippen LogP contribution in [0.15, 0.2) is 71.3 Å². The third kappa shape index (κ3) is 5.01. The van der Waals surface area contributed by atoms with E-state index in [2.05, 4.69) is 10.3 Å².